The Balaban J connectivity index is 1.16. The highest BCUT2D eigenvalue weighted by molar-refractivity contribution is 5.91. The third-order valence-electron chi connectivity index (χ3n) is 9.14. The summed E-state index contributed by atoms with van der Waals surface area (Å²) in [6.07, 6.45) is -12.2. The van der Waals surface area contributed by atoms with Crippen LogP contribution in [0.5, 0.6) is 0 Å². The molecule has 4 saturated heterocycles. The van der Waals surface area contributed by atoms with Crippen molar-refractivity contribution in [2.24, 2.45) is 0 Å². The van der Waals surface area contributed by atoms with Crippen molar-refractivity contribution in [3.8, 4) is 0 Å². The monoisotopic (exact) mass is 736 g/mol. The molecule has 10 atom stereocenters. The van der Waals surface area contributed by atoms with Crippen LogP contribution in [-0.2, 0) is 47.4 Å². The maximum atomic E-state index is 16.8. The molecule has 7 rings (SSSR count). The van der Waals surface area contributed by atoms with Crippen LogP contribution in [0.3, 0.4) is 0 Å². The molecule has 14 heteroatoms. The maximum absolute atomic E-state index is 16.8. The normalized spacial score (nSPS) is 32.5. The van der Waals surface area contributed by atoms with Gasteiger partial charge in [0.05, 0.1) is 23.3 Å². The fraction of sp³-hybridized carbons (Fsp3) is 0.462. The first kappa shape index (κ1) is 37.1. The van der Waals surface area contributed by atoms with Gasteiger partial charge in [0, 0.05) is 0 Å². The topological polar surface area (TPSA) is 144 Å². The highest BCUT2D eigenvalue weighted by Gasteiger charge is 2.61. The van der Waals surface area contributed by atoms with Crippen molar-refractivity contribution in [3.05, 3.63) is 108 Å². The van der Waals surface area contributed by atoms with Gasteiger partial charge in [0.15, 0.2) is 42.5 Å². The Hall–Kier alpha value is -4.28. The minimum absolute atomic E-state index is 0.128. The molecule has 4 heterocycles. The number of carbonyl (C=O) groups is 3. The summed E-state index contributed by atoms with van der Waals surface area (Å²) in [6.45, 7) is 6.20. The van der Waals surface area contributed by atoms with Crippen LogP contribution in [0.4, 0.5) is 4.39 Å². The van der Waals surface area contributed by atoms with E-state index in [1.165, 1.54) is 24.3 Å². The summed E-state index contributed by atoms with van der Waals surface area (Å²) in [5.74, 6) is -4.39. The predicted octanol–water partition coefficient (Wildman–Crippen LogP) is 4.77. The lowest BCUT2D eigenvalue weighted by Gasteiger charge is -2.43. The average Bonchev–Trinajstić information content (AvgIpc) is 3.66. The van der Waals surface area contributed by atoms with Gasteiger partial charge in [-0.2, -0.15) is 0 Å². The van der Waals surface area contributed by atoms with Crippen LogP contribution in [0, 0.1) is 0 Å². The molecule has 0 aromatic heterocycles. The zero-order chi connectivity index (χ0) is 37.3. The zero-order valence-corrected chi connectivity index (χ0v) is 29.5. The number of halogens is 1. The fourth-order valence-corrected chi connectivity index (χ4v) is 6.78. The van der Waals surface area contributed by atoms with Gasteiger partial charge in [0.1, 0.15) is 37.1 Å². The largest absolute Gasteiger partial charge is 0.459 e. The van der Waals surface area contributed by atoms with E-state index in [-0.39, 0.29) is 23.3 Å². The summed E-state index contributed by atoms with van der Waals surface area (Å²) in [5, 5.41) is 0. The number of alkyl halides is 1. The van der Waals surface area contributed by atoms with E-state index in [0.29, 0.717) is 0 Å². The molecule has 53 heavy (non-hydrogen) atoms. The van der Waals surface area contributed by atoms with Crippen molar-refractivity contribution >= 4 is 17.9 Å². The number of benzene rings is 3. The van der Waals surface area contributed by atoms with E-state index in [0.717, 1.165) is 0 Å². The van der Waals surface area contributed by atoms with Crippen molar-refractivity contribution < 1.29 is 66.1 Å². The van der Waals surface area contributed by atoms with E-state index in [4.69, 9.17) is 47.4 Å². The molecule has 3 aromatic rings. The van der Waals surface area contributed by atoms with E-state index >= 15 is 4.39 Å². The zero-order valence-electron chi connectivity index (χ0n) is 29.5. The minimum atomic E-state index is -2.20. The molecular weight excluding hydrogens is 695 g/mol. The van der Waals surface area contributed by atoms with Gasteiger partial charge in [-0.1, -0.05) is 54.6 Å². The van der Waals surface area contributed by atoms with E-state index in [1.54, 1.807) is 94.4 Å². The first-order chi connectivity index (χ1) is 25.4. The summed E-state index contributed by atoms with van der Waals surface area (Å²) in [4.78, 5) is 39.8. The average molecular weight is 737 g/mol. The van der Waals surface area contributed by atoms with Crippen molar-refractivity contribution in [3.63, 3.8) is 0 Å². The molecule has 13 nitrogen and oxygen atoms in total. The lowest BCUT2D eigenvalue weighted by Crippen LogP contribution is -2.61. The van der Waals surface area contributed by atoms with Crippen LogP contribution in [0.25, 0.3) is 0 Å². The molecule has 0 bridgehead atoms. The van der Waals surface area contributed by atoms with Crippen LogP contribution >= 0.6 is 0 Å². The van der Waals surface area contributed by atoms with E-state index in [1.807, 2.05) is 0 Å². The molecule has 282 valence electrons. The second-order valence-electron chi connectivity index (χ2n) is 14.0. The van der Waals surface area contributed by atoms with Gasteiger partial charge < -0.3 is 47.4 Å². The maximum Gasteiger partial charge on any atom is 0.338 e. The Labute approximate surface area is 305 Å². The van der Waals surface area contributed by atoms with Crippen molar-refractivity contribution in [2.45, 2.75) is 101 Å². The number of hydrogen-bond acceptors (Lipinski definition) is 13. The van der Waals surface area contributed by atoms with Gasteiger partial charge in [-0.25, -0.2) is 18.8 Å². The predicted molar refractivity (Wildman–Crippen MR) is 180 cm³/mol. The second-order valence-corrected chi connectivity index (χ2v) is 14.0. The van der Waals surface area contributed by atoms with Crippen LogP contribution in [-0.4, -0.2) is 104 Å². The third-order valence-corrected chi connectivity index (χ3v) is 9.14. The Kier molecular flexibility index (Phi) is 10.6. The molecule has 0 saturated carbocycles. The Bertz CT molecular complexity index is 1740. The Morgan fingerprint density at radius 1 is 0.585 bits per heavy atom. The molecule has 4 fully saturated rings. The Morgan fingerprint density at radius 2 is 1.08 bits per heavy atom. The van der Waals surface area contributed by atoms with E-state index < -0.39 is 97.6 Å². The number of carbonyl (C=O) groups excluding carboxylic acids is 3. The van der Waals surface area contributed by atoms with Crippen molar-refractivity contribution in [1.82, 2.24) is 0 Å². The highest BCUT2D eigenvalue weighted by atomic mass is 19.1. The third kappa shape index (κ3) is 8.29. The molecule has 4 aliphatic rings. The van der Waals surface area contributed by atoms with Crippen molar-refractivity contribution in [1.29, 1.82) is 0 Å². The van der Waals surface area contributed by atoms with E-state index in [9.17, 15) is 14.4 Å². The molecule has 0 N–H and O–H groups in total. The number of esters is 3. The molecule has 0 amide bonds. The van der Waals surface area contributed by atoms with Crippen LogP contribution in [0.15, 0.2) is 91.0 Å². The highest BCUT2D eigenvalue weighted by Crippen LogP contribution is 2.44. The number of ether oxygens (including phenoxy) is 10. The SMILES string of the molecule is CC1(C)O[C@H]2[C@@H](O1)[C@@H](CO[C@H]1O[C@H](COC(=O)c3ccccc3)[C@@H](OC(=O)c3ccccc3)[C@H](OC(=O)c3ccccc3)[C@@H]1F)O[C@@H]1OC(C)(C)O[C@@H]12. The molecule has 0 unspecified atom stereocenters. The summed E-state index contributed by atoms with van der Waals surface area (Å²) >= 11 is 0. The van der Waals surface area contributed by atoms with Gasteiger partial charge in [-0.3, -0.25) is 0 Å². The summed E-state index contributed by atoms with van der Waals surface area (Å²) in [6, 6.07) is 24.1. The summed E-state index contributed by atoms with van der Waals surface area (Å²) in [7, 11) is 0. The lowest BCUT2D eigenvalue weighted by molar-refractivity contribution is -0.303. The van der Waals surface area contributed by atoms with Gasteiger partial charge in [0.25, 0.3) is 0 Å². The molecular formula is C39H41FO13. The Morgan fingerprint density at radius 3 is 1.66 bits per heavy atom. The molecule has 0 spiro atoms. The number of hydrogen-bond donors (Lipinski definition) is 0. The van der Waals surface area contributed by atoms with Crippen LogP contribution in [0.2, 0.25) is 0 Å². The quantitative estimate of drug-likeness (QED) is 0.209. The first-order valence-electron chi connectivity index (χ1n) is 17.4. The summed E-state index contributed by atoms with van der Waals surface area (Å²) in [5.41, 5.74) is 0.525. The van der Waals surface area contributed by atoms with Gasteiger partial charge in [0.2, 0.25) is 0 Å². The second kappa shape index (κ2) is 15.2. The first-order valence-corrected chi connectivity index (χ1v) is 17.4. The van der Waals surface area contributed by atoms with Crippen LogP contribution in [0.1, 0.15) is 58.8 Å². The van der Waals surface area contributed by atoms with Crippen molar-refractivity contribution in [2.75, 3.05) is 13.2 Å². The molecule has 4 aliphatic heterocycles. The number of fused-ring (bicyclic) bond motifs is 3. The van der Waals surface area contributed by atoms with Gasteiger partial charge in [-0.15, -0.1) is 0 Å². The molecule has 0 radical (unpaired) electrons. The molecule has 0 aliphatic carbocycles. The standard InChI is InChI=1S/C39H41FO13/c1-38(2)50-29-26(47-37-32(31(29)51-38)52-39(3,4)53-37)21-45-36-27(40)30(49-35(43)24-18-12-7-13-19-24)28(48-34(42)23-16-10-6-11-17-23)25(46-36)20-44-33(41)22-14-8-5-9-15-22/h5-19,25-32,36-37H,20-21H2,1-4H3/t25-,26-,27+,28-,29+,30-,31+,32-,36+,37-/m1/s1. The van der Waals surface area contributed by atoms with Gasteiger partial charge in [-0.05, 0) is 64.1 Å². The van der Waals surface area contributed by atoms with Crippen LogP contribution < -0.4 is 0 Å². The molecule has 3 aromatic carbocycles. The lowest BCUT2D eigenvalue weighted by atomic mass is 9.98. The van der Waals surface area contributed by atoms with E-state index in [2.05, 4.69) is 0 Å². The van der Waals surface area contributed by atoms with Gasteiger partial charge >= 0.3 is 17.9 Å². The smallest absolute Gasteiger partial charge is 0.338 e. The minimum Gasteiger partial charge on any atom is -0.459 e. The number of rotatable bonds is 10. The fourth-order valence-electron chi connectivity index (χ4n) is 6.78. The summed E-state index contributed by atoms with van der Waals surface area (Å²) < 4.78 is 76.8.